The summed E-state index contributed by atoms with van der Waals surface area (Å²) in [6.45, 7) is 7.18. The zero-order valence-corrected chi connectivity index (χ0v) is 9.11. The Morgan fingerprint density at radius 2 is 2.00 bits per heavy atom. The molecular weight excluding hydrogens is 170 g/mol. The van der Waals surface area contributed by atoms with Gasteiger partial charge in [-0.1, -0.05) is 37.3 Å². The van der Waals surface area contributed by atoms with Gasteiger partial charge in [0.2, 0.25) is 0 Å². The predicted molar refractivity (Wildman–Crippen MR) is 60.2 cm³/mol. The zero-order chi connectivity index (χ0) is 9.97. The van der Waals surface area contributed by atoms with Crippen LogP contribution in [0.15, 0.2) is 30.3 Å². The third kappa shape index (κ3) is 1.98. The van der Waals surface area contributed by atoms with Crippen molar-refractivity contribution in [3.05, 3.63) is 35.9 Å². The third-order valence-corrected chi connectivity index (χ3v) is 3.28. The second-order valence-electron chi connectivity index (χ2n) is 4.48. The van der Waals surface area contributed by atoms with Gasteiger partial charge in [0, 0.05) is 12.6 Å². The van der Waals surface area contributed by atoms with Crippen LogP contribution in [0, 0.1) is 5.92 Å². The van der Waals surface area contributed by atoms with Gasteiger partial charge in [-0.25, -0.2) is 0 Å². The molecule has 1 aliphatic rings. The van der Waals surface area contributed by atoms with E-state index >= 15 is 0 Å². The standard InChI is InChI=1S/C13H19N/c1-11-8-9-14(10-11)12(2)13-6-4-3-5-7-13/h3-7,11-12H,8-10H2,1-2H3/t11-,12-/m0/s1. The minimum absolute atomic E-state index is 0.584. The molecule has 0 aromatic heterocycles. The summed E-state index contributed by atoms with van der Waals surface area (Å²) in [7, 11) is 0. The van der Waals surface area contributed by atoms with E-state index in [0.29, 0.717) is 6.04 Å². The molecule has 0 saturated carbocycles. The normalized spacial score (nSPS) is 25.1. The molecule has 1 aromatic rings. The Morgan fingerprint density at radius 3 is 2.57 bits per heavy atom. The summed E-state index contributed by atoms with van der Waals surface area (Å²) in [5, 5.41) is 0. The zero-order valence-electron chi connectivity index (χ0n) is 9.11. The van der Waals surface area contributed by atoms with Gasteiger partial charge in [-0.05, 0) is 31.4 Å². The largest absolute Gasteiger partial charge is 0.296 e. The van der Waals surface area contributed by atoms with Crippen LogP contribution in [0.4, 0.5) is 0 Å². The number of hydrogen-bond donors (Lipinski definition) is 0. The highest BCUT2D eigenvalue weighted by molar-refractivity contribution is 5.18. The highest BCUT2D eigenvalue weighted by Crippen LogP contribution is 2.26. The van der Waals surface area contributed by atoms with Crippen LogP contribution in [-0.4, -0.2) is 18.0 Å². The molecule has 76 valence electrons. The van der Waals surface area contributed by atoms with E-state index in [4.69, 9.17) is 0 Å². The van der Waals surface area contributed by atoms with Gasteiger partial charge < -0.3 is 0 Å². The molecule has 0 unspecified atom stereocenters. The topological polar surface area (TPSA) is 3.24 Å². The van der Waals surface area contributed by atoms with Crippen molar-refractivity contribution in [1.29, 1.82) is 0 Å². The maximum atomic E-state index is 2.58. The summed E-state index contributed by atoms with van der Waals surface area (Å²) < 4.78 is 0. The molecule has 1 heteroatoms. The fourth-order valence-electron chi connectivity index (χ4n) is 2.26. The number of hydrogen-bond acceptors (Lipinski definition) is 1. The Hall–Kier alpha value is -0.820. The van der Waals surface area contributed by atoms with Crippen LogP contribution in [0.5, 0.6) is 0 Å². The van der Waals surface area contributed by atoms with E-state index in [0.717, 1.165) is 5.92 Å². The van der Waals surface area contributed by atoms with Crippen molar-refractivity contribution in [3.63, 3.8) is 0 Å². The number of nitrogens with zero attached hydrogens (tertiary/aromatic N) is 1. The van der Waals surface area contributed by atoms with Crippen molar-refractivity contribution in [2.45, 2.75) is 26.3 Å². The van der Waals surface area contributed by atoms with Crippen LogP contribution in [0.3, 0.4) is 0 Å². The van der Waals surface area contributed by atoms with Crippen LogP contribution in [0.2, 0.25) is 0 Å². The smallest absolute Gasteiger partial charge is 0.0319 e. The molecule has 0 N–H and O–H groups in total. The predicted octanol–water partition coefficient (Wildman–Crippen LogP) is 3.09. The Balaban J connectivity index is 2.05. The van der Waals surface area contributed by atoms with E-state index in [-0.39, 0.29) is 0 Å². The summed E-state index contributed by atoms with van der Waals surface area (Å²) in [6.07, 6.45) is 1.36. The van der Waals surface area contributed by atoms with Crippen LogP contribution in [-0.2, 0) is 0 Å². The van der Waals surface area contributed by atoms with Crippen LogP contribution >= 0.6 is 0 Å². The van der Waals surface area contributed by atoms with Crippen molar-refractivity contribution in [2.24, 2.45) is 5.92 Å². The third-order valence-electron chi connectivity index (χ3n) is 3.28. The summed E-state index contributed by atoms with van der Waals surface area (Å²) in [5.41, 5.74) is 1.45. The molecule has 2 atom stereocenters. The monoisotopic (exact) mass is 189 g/mol. The van der Waals surface area contributed by atoms with Crippen LogP contribution in [0.25, 0.3) is 0 Å². The fourth-order valence-corrected chi connectivity index (χ4v) is 2.26. The van der Waals surface area contributed by atoms with Crippen molar-refractivity contribution in [2.75, 3.05) is 13.1 Å². The van der Waals surface area contributed by atoms with Gasteiger partial charge in [0.25, 0.3) is 0 Å². The quantitative estimate of drug-likeness (QED) is 0.691. The van der Waals surface area contributed by atoms with E-state index in [9.17, 15) is 0 Å². The SMILES string of the molecule is C[C@H]1CCN([C@@H](C)c2ccccc2)C1. The average Bonchev–Trinajstić information content (AvgIpc) is 2.65. The van der Waals surface area contributed by atoms with Crippen molar-refractivity contribution >= 4 is 0 Å². The molecule has 0 amide bonds. The molecule has 0 bridgehead atoms. The Bertz CT molecular complexity index is 281. The first-order valence-corrected chi connectivity index (χ1v) is 5.56. The maximum Gasteiger partial charge on any atom is 0.0319 e. The van der Waals surface area contributed by atoms with E-state index in [1.807, 2.05) is 0 Å². The maximum absolute atomic E-state index is 2.58. The number of benzene rings is 1. The minimum Gasteiger partial charge on any atom is -0.296 e. The molecule has 1 heterocycles. The molecule has 0 radical (unpaired) electrons. The summed E-state index contributed by atoms with van der Waals surface area (Å²) in [4.78, 5) is 2.58. The highest BCUT2D eigenvalue weighted by atomic mass is 15.2. The lowest BCUT2D eigenvalue weighted by Crippen LogP contribution is -2.24. The van der Waals surface area contributed by atoms with E-state index in [1.165, 1.54) is 25.1 Å². The molecule has 0 aliphatic carbocycles. The first-order chi connectivity index (χ1) is 6.77. The Labute approximate surface area is 86.7 Å². The van der Waals surface area contributed by atoms with Gasteiger partial charge in [-0.15, -0.1) is 0 Å². The first-order valence-electron chi connectivity index (χ1n) is 5.56. The summed E-state index contributed by atoms with van der Waals surface area (Å²) in [6, 6.07) is 11.4. The molecule has 1 aromatic carbocycles. The van der Waals surface area contributed by atoms with Gasteiger partial charge in [-0.2, -0.15) is 0 Å². The van der Waals surface area contributed by atoms with Gasteiger partial charge in [0.05, 0.1) is 0 Å². The highest BCUT2D eigenvalue weighted by Gasteiger charge is 2.23. The van der Waals surface area contributed by atoms with Crippen molar-refractivity contribution in [1.82, 2.24) is 4.90 Å². The second-order valence-corrected chi connectivity index (χ2v) is 4.48. The fraction of sp³-hybridized carbons (Fsp3) is 0.538. The molecule has 1 fully saturated rings. The van der Waals surface area contributed by atoms with Crippen LogP contribution in [0.1, 0.15) is 31.9 Å². The van der Waals surface area contributed by atoms with Gasteiger partial charge in [0.15, 0.2) is 0 Å². The molecule has 1 saturated heterocycles. The first kappa shape index (κ1) is 9.72. The van der Waals surface area contributed by atoms with Gasteiger partial charge >= 0.3 is 0 Å². The lowest BCUT2D eigenvalue weighted by molar-refractivity contribution is 0.255. The molecule has 0 spiro atoms. The number of rotatable bonds is 2. The van der Waals surface area contributed by atoms with Crippen molar-refractivity contribution in [3.8, 4) is 0 Å². The summed E-state index contributed by atoms with van der Waals surface area (Å²) in [5.74, 6) is 0.876. The Kier molecular flexibility index (Phi) is 2.87. The molecule has 14 heavy (non-hydrogen) atoms. The van der Waals surface area contributed by atoms with E-state index in [2.05, 4.69) is 49.1 Å². The molecule has 2 rings (SSSR count). The Morgan fingerprint density at radius 1 is 1.29 bits per heavy atom. The average molecular weight is 189 g/mol. The molecular formula is C13H19N. The lowest BCUT2D eigenvalue weighted by atomic mass is 10.1. The van der Waals surface area contributed by atoms with Gasteiger partial charge in [0.1, 0.15) is 0 Å². The molecule has 1 nitrogen and oxygen atoms in total. The lowest BCUT2D eigenvalue weighted by Gasteiger charge is -2.24. The minimum atomic E-state index is 0.584. The van der Waals surface area contributed by atoms with Crippen molar-refractivity contribution < 1.29 is 0 Å². The number of likely N-dealkylation sites (tertiary alicyclic amines) is 1. The van der Waals surface area contributed by atoms with E-state index < -0.39 is 0 Å². The van der Waals surface area contributed by atoms with Gasteiger partial charge in [-0.3, -0.25) is 4.90 Å². The summed E-state index contributed by atoms with van der Waals surface area (Å²) >= 11 is 0. The van der Waals surface area contributed by atoms with Crippen LogP contribution < -0.4 is 0 Å². The molecule has 1 aliphatic heterocycles. The second kappa shape index (κ2) is 4.14. The van der Waals surface area contributed by atoms with E-state index in [1.54, 1.807) is 0 Å².